The fraction of sp³-hybridized carbons (Fsp3) is 0.600. The molecule has 0 aliphatic carbocycles. The number of anilines is 1. The highest BCUT2D eigenvalue weighted by Gasteiger charge is 2.49. The van der Waals surface area contributed by atoms with Gasteiger partial charge in [0.25, 0.3) is 0 Å². The van der Waals surface area contributed by atoms with Crippen molar-refractivity contribution in [2.45, 2.75) is 25.9 Å². The molecule has 0 amide bonds. The van der Waals surface area contributed by atoms with Gasteiger partial charge in [0.15, 0.2) is 0 Å². The fourth-order valence-corrected chi connectivity index (χ4v) is 4.86. The molecule has 0 saturated carbocycles. The quantitative estimate of drug-likeness (QED) is 0.868. The Morgan fingerprint density at radius 3 is 2.56 bits per heavy atom. The van der Waals surface area contributed by atoms with Crippen molar-refractivity contribution in [1.82, 2.24) is 15.1 Å². The highest BCUT2D eigenvalue weighted by Crippen LogP contribution is 2.42. The summed E-state index contributed by atoms with van der Waals surface area (Å²) in [6.07, 6.45) is 0.734. The van der Waals surface area contributed by atoms with Crippen LogP contribution >= 0.6 is 11.3 Å². The molecule has 2 saturated heterocycles. The van der Waals surface area contributed by atoms with Gasteiger partial charge in [0.05, 0.1) is 18.8 Å². The Hall–Kier alpha value is -1.54. The third-order valence-corrected chi connectivity index (χ3v) is 6.97. The molecule has 1 atom stereocenters. The van der Waals surface area contributed by atoms with E-state index in [1.807, 2.05) is 18.2 Å². The van der Waals surface area contributed by atoms with Crippen molar-refractivity contribution < 1.29 is 9.84 Å². The van der Waals surface area contributed by atoms with Gasteiger partial charge in [-0.1, -0.05) is 55.5 Å². The van der Waals surface area contributed by atoms with Crippen LogP contribution in [-0.2, 0) is 4.74 Å². The fourth-order valence-electron chi connectivity index (χ4n) is 3.99. The molecule has 2 fully saturated rings. The summed E-state index contributed by atoms with van der Waals surface area (Å²) >= 11 is 1.62. The van der Waals surface area contributed by atoms with Crippen LogP contribution in [0, 0.1) is 5.41 Å². The third kappa shape index (κ3) is 3.87. The van der Waals surface area contributed by atoms with Crippen LogP contribution in [0.4, 0.5) is 5.13 Å². The van der Waals surface area contributed by atoms with Gasteiger partial charge in [-0.2, -0.15) is 0 Å². The van der Waals surface area contributed by atoms with E-state index in [1.54, 1.807) is 11.3 Å². The minimum absolute atomic E-state index is 0.234. The van der Waals surface area contributed by atoms with Crippen molar-refractivity contribution >= 4 is 16.5 Å². The standard InChI is InChI=1S/C20H28N4O2S/c1-19(2)14-24(9-8-20(19,25)15-23-10-12-26-13-11-23)18-22-21-17(27-18)16-6-4-3-5-7-16/h3-7,25H,8-15H2,1-2H3. The minimum Gasteiger partial charge on any atom is -0.388 e. The number of aliphatic hydroxyl groups is 1. The first-order valence-electron chi connectivity index (χ1n) is 9.63. The maximum atomic E-state index is 11.5. The summed E-state index contributed by atoms with van der Waals surface area (Å²) in [5, 5.41) is 22.2. The van der Waals surface area contributed by atoms with Crippen molar-refractivity contribution in [3.05, 3.63) is 30.3 Å². The number of β-amino-alcohol motifs (C(OH)–C–C–N with tert-alkyl or cyclic N) is 1. The van der Waals surface area contributed by atoms with Gasteiger partial charge >= 0.3 is 0 Å². The number of piperidine rings is 1. The van der Waals surface area contributed by atoms with Crippen LogP contribution in [0.1, 0.15) is 20.3 Å². The number of hydrogen-bond donors (Lipinski definition) is 1. The smallest absolute Gasteiger partial charge is 0.208 e. The van der Waals surface area contributed by atoms with E-state index >= 15 is 0 Å². The molecule has 146 valence electrons. The van der Waals surface area contributed by atoms with E-state index in [2.05, 4.69) is 46.0 Å². The molecule has 2 aliphatic rings. The molecular weight excluding hydrogens is 360 g/mol. The average Bonchev–Trinajstić information content (AvgIpc) is 3.16. The van der Waals surface area contributed by atoms with Crippen molar-refractivity contribution in [1.29, 1.82) is 0 Å². The molecular formula is C20H28N4O2S. The van der Waals surface area contributed by atoms with Gasteiger partial charge in [0.1, 0.15) is 5.01 Å². The minimum atomic E-state index is -0.701. The first-order valence-corrected chi connectivity index (χ1v) is 10.4. The second-order valence-corrected chi connectivity index (χ2v) is 9.19. The summed E-state index contributed by atoms with van der Waals surface area (Å²) in [6, 6.07) is 10.2. The van der Waals surface area contributed by atoms with Crippen molar-refractivity contribution in [3.63, 3.8) is 0 Å². The Bertz CT molecular complexity index is 760. The Morgan fingerprint density at radius 1 is 1.11 bits per heavy atom. The first kappa shape index (κ1) is 18.8. The summed E-state index contributed by atoms with van der Waals surface area (Å²) in [6.45, 7) is 9.94. The Morgan fingerprint density at radius 2 is 1.85 bits per heavy atom. The van der Waals surface area contributed by atoms with Gasteiger partial charge in [-0.15, -0.1) is 10.2 Å². The Labute approximate surface area is 164 Å². The van der Waals surface area contributed by atoms with Crippen LogP contribution in [0.3, 0.4) is 0 Å². The lowest BCUT2D eigenvalue weighted by Crippen LogP contribution is -2.62. The first-order chi connectivity index (χ1) is 13.0. The lowest BCUT2D eigenvalue weighted by atomic mass is 9.69. The average molecular weight is 389 g/mol. The van der Waals surface area contributed by atoms with Gasteiger partial charge in [0.2, 0.25) is 5.13 Å². The highest BCUT2D eigenvalue weighted by atomic mass is 32.1. The lowest BCUT2D eigenvalue weighted by molar-refractivity contribution is -0.111. The van der Waals surface area contributed by atoms with Crippen LogP contribution in [0.5, 0.6) is 0 Å². The van der Waals surface area contributed by atoms with Crippen LogP contribution in [0.25, 0.3) is 10.6 Å². The zero-order valence-corrected chi connectivity index (χ0v) is 16.9. The summed E-state index contributed by atoms with van der Waals surface area (Å²) in [5.74, 6) is 0. The molecule has 0 spiro atoms. The summed E-state index contributed by atoms with van der Waals surface area (Å²) in [4.78, 5) is 4.61. The zero-order chi connectivity index (χ0) is 18.9. The number of benzene rings is 1. The molecule has 4 rings (SSSR count). The van der Waals surface area contributed by atoms with Crippen LogP contribution in [0.15, 0.2) is 30.3 Å². The zero-order valence-electron chi connectivity index (χ0n) is 16.1. The Balaban J connectivity index is 1.46. The molecule has 1 unspecified atom stereocenters. The van der Waals surface area contributed by atoms with Gasteiger partial charge in [0, 0.05) is 43.7 Å². The monoisotopic (exact) mass is 388 g/mol. The summed E-state index contributed by atoms with van der Waals surface area (Å²) in [7, 11) is 0. The molecule has 0 radical (unpaired) electrons. The maximum Gasteiger partial charge on any atom is 0.208 e. The molecule has 2 aromatic rings. The molecule has 6 nitrogen and oxygen atoms in total. The second kappa shape index (κ2) is 7.47. The normalized spacial score (nSPS) is 26.3. The molecule has 2 aliphatic heterocycles. The number of morpholine rings is 1. The topological polar surface area (TPSA) is 61.7 Å². The van der Waals surface area contributed by atoms with Crippen LogP contribution in [0.2, 0.25) is 0 Å². The van der Waals surface area contributed by atoms with Crippen LogP contribution in [-0.4, -0.2) is 71.7 Å². The number of rotatable bonds is 4. The van der Waals surface area contributed by atoms with Crippen molar-refractivity contribution in [3.8, 4) is 10.6 Å². The molecule has 1 aromatic heterocycles. The van der Waals surface area contributed by atoms with Gasteiger partial charge in [-0.25, -0.2) is 0 Å². The molecule has 7 heteroatoms. The molecule has 1 N–H and O–H groups in total. The van der Waals surface area contributed by atoms with Crippen molar-refractivity contribution in [2.24, 2.45) is 5.41 Å². The van der Waals surface area contributed by atoms with E-state index in [4.69, 9.17) is 4.74 Å². The van der Waals surface area contributed by atoms with E-state index in [1.165, 1.54) is 0 Å². The number of ether oxygens (including phenoxy) is 1. The van der Waals surface area contributed by atoms with E-state index in [0.717, 1.165) is 61.5 Å². The lowest BCUT2D eigenvalue weighted by Gasteiger charge is -2.52. The van der Waals surface area contributed by atoms with Gasteiger partial charge in [-0.05, 0) is 6.42 Å². The van der Waals surface area contributed by atoms with Gasteiger partial charge in [-0.3, -0.25) is 4.90 Å². The number of nitrogens with zero attached hydrogens (tertiary/aromatic N) is 4. The van der Waals surface area contributed by atoms with E-state index in [-0.39, 0.29) is 5.41 Å². The van der Waals surface area contributed by atoms with Crippen molar-refractivity contribution in [2.75, 3.05) is 50.8 Å². The summed E-state index contributed by atoms with van der Waals surface area (Å²) in [5.41, 5.74) is 0.164. The molecule has 1 aromatic carbocycles. The highest BCUT2D eigenvalue weighted by molar-refractivity contribution is 7.18. The predicted molar refractivity (Wildman–Crippen MR) is 108 cm³/mol. The second-order valence-electron chi connectivity index (χ2n) is 8.23. The largest absolute Gasteiger partial charge is 0.388 e. The van der Waals surface area contributed by atoms with E-state index in [0.29, 0.717) is 6.54 Å². The van der Waals surface area contributed by atoms with E-state index in [9.17, 15) is 5.11 Å². The number of hydrogen-bond acceptors (Lipinski definition) is 7. The summed E-state index contributed by atoms with van der Waals surface area (Å²) < 4.78 is 5.44. The van der Waals surface area contributed by atoms with Crippen LogP contribution < -0.4 is 4.90 Å². The molecule has 3 heterocycles. The van der Waals surface area contributed by atoms with E-state index < -0.39 is 5.60 Å². The maximum absolute atomic E-state index is 11.5. The predicted octanol–water partition coefficient (Wildman–Crippen LogP) is 2.50. The number of aromatic nitrogens is 2. The molecule has 0 bridgehead atoms. The Kier molecular flexibility index (Phi) is 5.20. The third-order valence-electron chi connectivity index (χ3n) is 5.94. The SMILES string of the molecule is CC1(C)CN(c2nnc(-c3ccccc3)s2)CCC1(O)CN1CCOCC1. The van der Waals surface area contributed by atoms with Gasteiger partial charge < -0.3 is 14.7 Å². The molecule has 27 heavy (non-hydrogen) atoms.